The molecule has 23 heavy (non-hydrogen) atoms. The van der Waals surface area contributed by atoms with Gasteiger partial charge >= 0.3 is 0 Å². The summed E-state index contributed by atoms with van der Waals surface area (Å²) in [4.78, 5) is 17.0. The van der Waals surface area contributed by atoms with E-state index in [0.29, 0.717) is 35.9 Å². The number of carbonyl (C=O) groups is 1. The molecule has 0 spiro atoms. The van der Waals surface area contributed by atoms with Crippen molar-refractivity contribution in [2.24, 2.45) is 0 Å². The number of carbonyl (C=O) groups excluding carboxylic acids is 1. The molecule has 0 aliphatic carbocycles. The third kappa shape index (κ3) is 4.69. The number of aromatic nitrogens is 2. The summed E-state index contributed by atoms with van der Waals surface area (Å²) in [5.74, 6) is -0.106. The van der Waals surface area contributed by atoms with E-state index in [1.807, 2.05) is 6.92 Å². The zero-order chi connectivity index (χ0) is 16.7. The summed E-state index contributed by atoms with van der Waals surface area (Å²) in [6.07, 6.45) is 5.50. The van der Waals surface area contributed by atoms with E-state index in [1.54, 1.807) is 22.7 Å². The Morgan fingerprint density at radius 2 is 2.13 bits per heavy atom. The molecule has 0 fully saturated rings. The maximum Gasteiger partial charge on any atom is 0.270 e. The predicted molar refractivity (Wildman–Crippen MR) is 92.3 cm³/mol. The van der Waals surface area contributed by atoms with Gasteiger partial charge < -0.3 is 10.1 Å². The Balaban J connectivity index is 1.95. The van der Waals surface area contributed by atoms with Gasteiger partial charge in [-0.25, -0.2) is 4.98 Å². The van der Waals surface area contributed by atoms with E-state index < -0.39 is 0 Å². The molecule has 1 amide bonds. The highest BCUT2D eigenvalue weighted by Gasteiger charge is 2.17. The van der Waals surface area contributed by atoms with Crippen LogP contribution in [0.5, 0.6) is 0 Å². The molecule has 2 aromatic rings. The molecule has 126 valence electrons. The zero-order valence-corrected chi connectivity index (χ0v) is 14.5. The first-order valence-electron chi connectivity index (χ1n) is 8.19. The van der Waals surface area contributed by atoms with E-state index in [0.717, 1.165) is 31.6 Å². The van der Waals surface area contributed by atoms with Crippen LogP contribution in [0.15, 0.2) is 18.3 Å². The number of unbranched alkanes of at least 4 members (excludes halogenated alkanes) is 1. The fraction of sp³-hybridized carbons (Fsp3) is 0.529. The number of aryl methyl sites for hydroxylation is 1. The quantitative estimate of drug-likeness (QED) is 0.713. The maximum atomic E-state index is 12.5. The highest BCUT2D eigenvalue weighted by molar-refractivity contribution is 6.30. The van der Waals surface area contributed by atoms with Gasteiger partial charge in [0, 0.05) is 37.0 Å². The van der Waals surface area contributed by atoms with Crippen LogP contribution in [-0.4, -0.2) is 35.1 Å². The molecule has 5 nitrogen and oxygen atoms in total. The van der Waals surface area contributed by atoms with Crippen LogP contribution in [-0.2, 0) is 11.2 Å². The van der Waals surface area contributed by atoms with E-state index in [1.165, 1.54) is 0 Å². The van der Waals surface area contributed by atoms with Crippen LogP contribution >= 0.6 is 11.6 Å². The topological polar surface area (TPSA) is 55.6 Å². The normalized spacial score (nSPS) is 11.1. The summed E-state index contributed by atoms with van der Waals surface area (Å²) < 4.78 is 7.28. The van der Waals surface area contributed by atoms with Gasteiger partial charge in [0.05, 0.1) is 5.69 Å². The van der Waals surface area contributed by atoms with Gasteiger partial charge in [-0.2, -0.15) is 0 Å². The van der Waals surface area contributed by atoms with Crippen LogP contribution in [0.4, 0.5) is 0 Å². The molecule has 1 N–H and O–H groups in total. The number of hydrogen-bond acceptors (Lipinski definition) is 3. The third-order valence-electron chi connectivity index (χ3n) is 3.60. The van der Waals surface area contributed by atoms with Gasteiger partial charge in [-0.15, -0.1) is 0 Å². The average molecular weight is 338 g/mol. The minimum Gasteiger partial charge on any atom is -0.381 e. The second kappa shape index (κ2) is 8.89. The molecule has 0 atom stereocenters. The summed E-state index contributed by atoms with van der Waals surface area (Å²) in [5, 5.41) is 3.56. The molecular formula is C17H24ClN3O2. The lowest BCUT2D eigenvalue weighted by atomic mass is 10.2. The van der Waals surface area contributed by atoms with Crippen molar-refractivity contribution in [2.45, 2.75) is 39.5 Å². The van der Waals surface area contributed by atoms with Crippen molar-refractivity contribution in [3.05, 3.63) is 34.7 Å². The summed E-state index contributed by atoms with van der Waals surface area (Å²) >= 11 is 5.99. The van der Waals surface area contributed by atoms with Crippen molar-refractivity contribution in [3.63, 3.8) is 0 Å². The highest BCUT2D eigenvalue weighted by atomic mass is 35.5. The Morgan fingerprint density at radius 3 is 2.87 bits per heavy atom. The molecule has 2 rings (SSSR count). The fourth-order valence-corrected chi connectivity index (χ4v) is 2.52. The van der Waals surface area contributed by atoms with Gasteiger partial charge in [-0.05, 0) is 25.3 Å². The molecule has 0 aliphatic heterocycles. The van der Waals surface area contributed by atoms with Crippen LogP contribution in [0.1, 0.15) is 49.3 Å². The van der Waals surface area contributed by atoms with Gasteiger partial charge in [0.15, 0.2) is 0 Å². The first-order valence-corrected chi connectivity index (χ1v) is 8.57. The Labute approximate surface area is 142 Å². The Morgan fingerprint density at radius 1 is 1.35 bits per heavy atom. The lowest BCUT2D eigenvalue weighted by Crippen LogP contribution is -2.27. The van der Waals surface area contributed by atoms with E-state index >= 15 is 0 Å². The number of amides is 1. The third-order valence-corrected chi connectivity index (χ3v) is 3.84. The summed E-state index contributed by atoms with van der Waals surface area (Å²) in [7, 11) is 0. The van der Waals surface area contributed by atoms with Crippen molar-refractivity contribution in [1.29, 1.82) is 0 Å². The van der Waals surface area contributed by atoms with Gasteiger partial charge in [-0.1, -0.05) is 31.9 Å². The van der Waals surface area contributed by atoms with Crippen molar-refractivity contribution in [2.75, 3.05) is 19.8 Å². The molecule has 2 aromatic heterocycles. The van der Waals surface area contributed by atoms with Crippen LogP contribution < -0.4 is 5.32 Å². The van der Waals surface area contributed by atoms with Crippen molar-refractivity contribution >= 4 is 23.2 Å². The number of imidazole rings is 1. The van der Waals surface area contributed by atoms with Gasteiger partial charge in [-0.3, -0.25) is 9.20 Å². The van der Waals surface area contributed by atoms with E-state index in [4.69, 9.17) is 16.3 Å². The smallest absolute Gasteiger partial charge is 0.270 e. The molecule has 0 aromatic carbocycles. The van der Waals surface area contributed by atoms with Crippen LogP contribution in [0.25, 0.3) is 5.65 Å². The Hall–Kier alpha value is -1.59. The molecule has 6 heteroatoms. The highest BCUT2D eigenvalue weighted by Crippen LogP contribution is 2.17. The second-order valence-corrected chi connectivity index (χ2v) is 5.85. The number of halogens is 1. The summed E-state index contributed by atoms with van der Waals surface area (Å²) in [5.41, 5.74) is 2.07. The predicted octanol–water partition coefficient (Wildman–Crippen LogP) is 3.49. The molecule has 0 unspecified atom stereocenters. The number of fused-ring (bicyclic) bond motifs is 1. The SMILES string of the molecule is CCCCOCCCNC(=O)c1c(CC)nc2cc(Cl)ccn12. The average Bonchev–Trinajstić information content (AvgIpc) is 2.91. The molecule has 2 heterocycles. The first-order chi connectivity index (χ1) is 11.2. The molecule has 0 radical (unpaired) electrons. The minimum absolute atomic E-state index is 0.106. The van der Waals surface area contributed by atoms with Gasteiger partial charge in [0.25, 0.3) is 5.91 Å². The van der Waals surface area contributed by atoms with Crippen molar-refractivity contribution in [3.8, 4) is 0 Å². The number of nitrogens with one attached hydrogen (secondary N) is 1. The Kier molecular flexibility index (Phi) is 6.86. The lowest BCUT2D eigenvalue weighted by Gasteiger charge is -2.07. The van der Waals surface area contributed by atoms with E-state index in [2.05, 4.69) is 17.2 Å². The molecular weight excluding hydrogens is 314 g/mol. The molecule has 0 bridgehead atoms. The summed E-state index contributed by atoms with van der Waals surface area (Å²) in [6.45, 7) is 6.18. The second-order valence-electron chi connectivity index (χ2n) is 5.41. The fourth-order valence-electron chi connectivity index (χ4n) is 2.36. The molecule has 0 saturated heterocycles. The zero-order valence-electron chi connectivity index (χ0n) is 13.8. The van der Waals surface area contributed by atoms with Crippen LogP contribution in [0.3, 0.4) is 0 Å². The Bertz CT molecular complexity index is 655. The summed E-state index contributed by atoms with van der Waals surface area (Å²) in [6, 6.07) is 3.52. The van der Waals surface area contributed by atoms with Crippen LogP contribution in [0, 0.1) is 0 Å². The molecule has 0 saturated carbocycles. The van der Waals surface area contributed by atoms with E-state index in [9.17, 15) is 4.79 Å². The number of nitrogens with zero attached hydrogens (tertiary/aromatic N) is 2. The number of rotatable bonds is 9. The standard InChI is InChI=1S/C17H24ClN3O2/c1-3-5-10-23-11-6-8-19-17(22)16-14(4-2)20-15-12-13(18)7-9-21(15)16/h7,9,12H,3-6,8,10-11H2,1-2H3,(H,19,22). The van der Waals surface area contributed by atoms with Gasteiger partial charge in [0.2, 0.25) is 0 Å². The number of pyridine rings is 1. The monoisotopic (exact) mass is 337 g/mol. The largest absolute Gasteiger partial charge is 0.381 e. The van der Waals surface area contributed by atoms with Crippen LogP contribution in [0.2, 0.25) is 5.02 Å². The van der Waals surface area contributed by atoms with Crippen molar-refractivity contribution < 1.29 is 9.53 Å². The van der Waals surface area contributed by atoms with Gasteiger partial charge in [0.1, 0.15) is 11.3 Å². The number of ether oxygens (including phenoxy) is 1. The number of hydrogen-bond donors (Lipinski definition) is 1. The molecule has 0 aliphatic rings. The van der Waals surface area contributed by atoms with Crippen molar-refractivity contribution in [1.82, 2.24) is 14.7 Å². The minimum atomic E-state index is -0.106. The lowest BCUT2D eigenvalue weighted by molar-refractivity contribution is 0.0933. The first kappa shape index (κ1) is 17.8. The maximum absolute atomic E-state index is 12.5. The van der Waals surface area contributed by atoms with E-state index in [-0.39, 0.29) is 5.91 Å².